The number of carbonyl (C=O) groups is 1. The van der Waals surface area contributed by atoms with Crippen LogP contribution in [-0.2, 0) is 21.4 Å². The van der Waals surface area contributed by atoms with E-state index in [1.54, 1.807) is 11.5 Å². The minimum absolute atomic E-state index is 0.0448. The Morgan fingerprint density at radius 2 is 2.14 bits per heavy atom. The molecule has 0 aromatic carbocycles. The highest BCUT2D eigenvalue weighted by Gasteiger charge is 2.34. The van der Waals surface area contributed by atoms with Gasteiger partial charge in [-0.1, -0.05) is 12.8 Å². The largest absolute Gasteiger partial charge is 0.481 e. The smallest absolute Gasteiger partial charge is 0.308 e. The summed E-state index contributed by atoms with van der Waals surface area (Å²) in [6, 6.07) is -0.562. The van der Waals surface area contributed by atoms with Crippen LogP contribution in [0.5, 0.6) is 0 Å². The number of carboxylic acid groups (broad SMARTS) is 1. The van der Waals surface area contributed by atoms with Gasteiger partial charge in [0.1, 0.15) is 5.82 Å². The summed E-state index contributed by atoms with van der Waals surface area (Å²) in [7, 11) is -3.78. The molecule has 0 aliphatic heterocycles. The van der Waals surface area contributed by atoms with Gasteiger partial charge in [0, 0.05) is 18.8 Å². The molecule has 118 valence electrons. The first-order chi connectivity index (χ1) is 9.85. The van der Waals surface area contributed by atoms with Crippen LogP contribution in [-0.4, -0.2) is 35.1 Å². The molecule has 7 nitrogen and oxygen atoms in total. The van der Waals surface area contributed by atoms with E-state index in [9.17, 15) is 18.3 Å². The quantitative estimate of drug-likeness (QED) is 0.848. The van der Waals surface area contributed by atoms with Crippen LogP contribution in [0.15, 0.2) is 11.2 Å². The monoisotopic (exact) mass is 315 g/mol. The van der Waals surface area contributed by atoms with Crippen LogP contribution in [0.25, 0.3) is 0 Å². The molecule has 21 heavy (non-hydrogen) atoms. The molecule has 1 aromatic heterocycles. The second-order valence-corrected chi connectivity index (χ2v) is 7.03. The summed E-state index contributed by atoms with van der Waals surface area (Å²) >= 11 is 0. The second kappa shape index (κ2) is 6.15. The minimum Gasteiger partial charge on any atom is -0.481 e. The van der Waals surface area contributed by atoms with Gasteiger partial charge in [0.05, 0.1) is 5.92 Å². The first-order valence-electron chi connectivity index (χ1n) is 7.14. The number of hydrogen-bond acceptors (Lipinski definition) is 4. The number of sulfonamides is 1. The third-order valence-electron chi connectivity index (χ3n) is 3.96. The summed E-state index contributed by atoms with van der Waals surface area (Å²) in [5, 5.41) is 9.16. The molecule has 0 spiro atoms. The molecule has 2 N–H and O–H groups in total. The average Bonchev–Trinajstić information content (AvgIpc) is 2.81. The fraction of sp³-hybridized carbons (Fsp3) is 0.692. The van der Waals surface area contributed by atoms with Crippen LogP contribution < -0.4 is 4.72 Å². The van der Waals surface area contributed by atoms with Crippen molar-refractivity contribution in [1.82, 2.24) is 14.3 Å². The van der Waals surface area contributed by atoms with Gasteiger partial charge < -0.3 is 9.67 Å². The molecular weight excluding hydrogens is 294 g/mol. The van der Waals surface area contributed by atoms with Gasteiger partial charge in [0.25, 0.3) is 10.0 Å². The molecule has 2 unspecified atom stereocenters. The maximum Gasteiger partial charge on any atom is 0.308 e. The second-order valence-electron chi connectivity index (χ2n) is 5.37. The fourth-order valence-corrected chi connectivity index (χ4v) is 4.08. The zero-order chi connectivity index (χ0) is 15.6. The van der Waals surface area contributed by atoms with Gasteiger partial charge in [-0.15, -0.1) is 0 Å². The van der Waals surface area contributed by atoms with Crippen molar-refractivity contribution in [2.24, 2.45) is 5.92 Å². The highest BCUT2D eigenvalue weighted by Crippen LogP contribution is 2.26. The van der Waals surface area contributed by atoms with Crippen LogP contribution in [0.3, 0.4) is 0 Å². The first-order valence-corrected chi connectivity index (χ1v) is 8.62. The third kappa shape index (κ3) is 3.44. The van der Waals surface area contributed by atoms with Crippen LogP contribution in [0.4, 0.5) is 0 Å². The lowest BCUT2D eigenvalue weighted by molar-refractivity contribution is -0.143. The van der Waals surface area contributed by atoms with Crippen LogP contribution in [0.2, 0.25) is 0 Å². The zero-order valence-corrected chi connectivity index (χ0v) is 13.1. The standard InChI is InChI=1S/C13H21N3O4S/c1-3-16-8-12(14-9(16)2)21(19,20)15-11-7-5-4-6-10(11)13(17)18/h8,10-11,15H,3-7H2,1-2H3,(H,17,18). The summed E-state index contributed by atoms with van der Waals surface area (Å²) in [6.45, 7) is 4.28. The fourth-order valence-electron chi connectivity index (χ4n) is 2.76. The SMILES string of the molecule is CCn1cc(S(=O)(=O)NC2CCCCC2C(=O)O)nc1C. The molecule has 8 heteroatoms. The Kier molecular flexibility index (Phi) is 4.67. The summed E-state index contributed by atoms with van der Waals surface area (Å²) in [6.07, 6.45) is 4.18. The van der Waals surface area contributed by atoms with Gasteiger partial charge in [0.2, 0.25) is 0 Å². The lowest BCUT2D eigenvalue weighted by Crippen LogP contribution is -2.45. The Hall–Kier alpha value is -1.41. The van der Waals surface area contributed by atoms with E-state index in [1.165, 1.54) is 6.20 Å². The van der Waals surface area contributed by atoms with E-state index in [-0.39, 0.29) is 5.03 Å². The lowest BCUT2D eigenvalue weighted by atomic mass is 9.85. The molecule has 0 amide bonds. The van der Waals surface area contributed by atoms with Crippen molar-refractivity contribution in [2.75, 3.05) is 0 Å². The van der Waals surface area contributed by atoms with Gasteiger partial charge in [0.15, 0.2) is 5.03 Å². The molecule has 0 bridgehead atoms. The van der Waals surface area contributed by atoms with Crippen molar-refractivity contribution >= 4 is 16.0 Å². The van der Waals surface area contributed by atoms with E-state index in [0.717, 1.165) is 12.8 Å². The molecule has 1 aromatic rings. The number of carboxylic acids is 1. The summed E-state index contributed by atoms with van der Waals surface area (Å²) in [4.78, 5) is 15.3. The van der Waals surface area contributed by atoms with E-state index in [4.69, 9.17) is 0 Å². The highest BCUT2D eigenvalue weighted by atomic mass is 32.2. The van der Waals surface area contributed by atoms with Crippen molar-refractivity contribution in [1.29, 1.82) is 0 Å². The topological polar surface area (TPSA) is 101 Å². The Morgan fingerprint density at radius 3 is 2.71 bits per heavy atom. The molecule has 1 aliphatic carbocycles. The summed E-state index contributed by atoms with van der Waals surface area (Å²) in [5.41, 5.74) is 0. The number of aliphatic carboxylic acids is 1. The predicted molar refractivity (Wildman–Crippen MR) is 76.3 cm³/mol. The highest BCUT2D eigenvalue weighted by molar-refractivity contribution is 7.89. The van der Waals surface area contributed by atoms with E-state index < -0.39 is 28.0 Å². The summed E-state index contributed by atoms with van der Waals surface area (Å²) < 4.78 is 29.0. The summed E-state index contributed by atoms with van der Waals surface area (Å²) in [5.74, 6) is -0.989. The molecule has 0 radical (unpaired) electrons. The van der Waals surface area contributed by atoms with Gasteiger partial charge >= 0.3 is 5.97 Å². The number of aromatic nitrogens is 2. The number of rotatable bonds is 5. The van der Waals surface area contributed by atoms with Crippen molar-refractivity contribution in [3.63, 3.8) is 0 Å². The molecular formula is C13H21N3O4S. The van der Waals surface area contributed by atoms with Crippen LogP contribution in [0, 0.1) is 12.8 Å². The van der Waals surface area contributed by atoms with Gasteiger partial charge in [-0.25, -0.2) is 18.1 Å². The molecule has 1 fully saturated rings. The number of aryl methyl sites for hydroxylation is 2. The normalized spacial score (nSPS) is 23.1. The first kappa shape index (κ1) is 16.0. The molecule has 1 saturated carbocycles. The average molecular weight is 315 g/mol. The van der Waals surface area contributed by atoms with Gasteiger partial charge in [-0.05, 0) is 26.7 Å². The molecule has 0 saturated heterocycles. The molecule has 1 heterocycles. The predicted octanol–water partition coefficient (Wildman–Crippen LogP) is 1.13. The van der Waals surface area contributed by atoms with Crippen molar-refractivity contribution in [3.05, 3.63) is 12.0 Å². The van der Waals surface area contributed by atoms with Crippen molar-refractivity contribution < 1.29 is 18.3 Å². The van der Waals surface area contributed by atoms with E-state index >= 15 is 0 Å². The zero-order valence-electron chi connectivity index (χ0n) is 12.2. The number of nitrogens with zero attached hydrogens (tertiary/aromatic N) is 2. The van der Waals surface area contributed by atoms with E-state index in [1.807, 2.05) is 6.92 Å². The number of imidazole rings is 1. The molecule has 1 aliphatic rings. The Bertz CT molecular complexity index is 623. The maximum absolute atomic E-state index is 12.4. The maximum atomic E-state index is 12.4. The Morgan fingerprint density at radius 1 is 1.48 bits per heavy atom. The van der Waals surface area contributed by atoms with E-state index in [2.05, 4.69) is 9.71 Å². The molecule has 2 rings (SSSR count). The van der Waals surface area contributed by atoms with Gasteiger partial charge in [-0.3, -0.25) is 4.79 Å². The minimum atomic E-state index is -3.78. The van der Waals surface area contributed by atoms with Crippen molar-refractivity contribution in [2.45, 2.75) is 57.1 Å². The van der Waals surface area contributed by atoms with Crippen molar-refractivity contribution in [3.8, 4) is 0 Å². The third-order valence-corrected chi connectivity index (χ3v) is 5.32. The Labute approximate surface area is 124 Å². The number of nitrogens with one attached hydrogen (secondary N) is 1. The Balaban J connectivity index is 2.21. The van der Waals surface area contributed by atoms with E-state index in [0.29, 0.717) is 25.2 Å². The van der Waals surface area contributed by atoms with Crippen LogP contribution >= 0.6 is 0 Å². The number of hydrogen-bond donors (Lipinski definition) is 2. The van der Waals surface area contributed by atoms with Crippen LogP contribution in [0.1, 0.15) is 38.4 Å². The molecule has 2 atom stereocenters. The lowest BCUT2D eigenvalue weighted by Gasteiger charge is -2.28. The van der Waals surface area contributed by atoms with Gasteiger partial charge in [-0.2, -0.15) is 0 Å².